The predicted molar refractivity (Wildman–Crippen MR) is 113 cm³/mol. The van der Waals surface area contributed by atoms with Gasteiger partial charge >= 0.3 is 6.09 Å². The second kappa shape index (κ2) is 10.7. The number of nitrogens with zero attached hydrogens (tertiary/aromatic N) is 1. The van der Waals surface area contributed by atoms with Crippen molar-refractivity contribution in [1.29, 1.82) is 0 Å². The standard InChI is InChI=1S/C22H27NO7S/c1-27-21-20(30-31(2,25)26)13-19(29-21)15-23(14-17-9-5-3-6-10-17)22(24)28-16-18-11-7-4-8-12-18/h3-12,19-21H,13-16H2,1-2H3/t19-,20+,21?/m0/s1. The van der Waals surface area contributed by atoms with Gasteiger partial charge in [-0.1, -0.05) is 60.7 Å². The molecule has 0 spiro atoms. The van der Waals surface area contributed by atoms with E-state index in [1.165, 1.54) is 7.11 Å². The third-order valence-electron chi connectivity index (χ3n) is 4.76. The van der Waals surface area contributed by atoms with Crippen LogP contribution in [0, 0.1) is 0 Å². The van der Waals surface area contributed by atoms with Crippen LogP contribution in [0.4, 0.5) is 4.79 Å². The Bertz CT molecular complexity index is 937. The molecule has 1 fully saturated rings. The molecule has 2 aromatic rings. The van der Waals surface area contributed by atoms with Crippen LogP contribution in [-0.4, -0.2) is 57.8 Å². The van der Waals surface area contributed by atoms with Gasteiger partial charge < -0.3 is 19.1 Å². The third kappa shape index (κ3) is 7.32. The van der Waals surface area contributed by atoms with Crippen molar-refractivity contribution >= 4 is 16.2 Å². The second-order valence-electron chi connectivity index (χ2n) is 7.34. The van der Waals surface area contributed by atoms with Gasteiger partial charge in [-0.2, -0.15) is 8.42 Å². The van der Waals surface area contributed by atoms with Crippen LogP contribution in [0.3, 0.4) is 0 Å². The summed E-state index contributed by atoms with van der Waals surface area (Å²) >= 11 is 0. The van der Waals surface area contributed by atoms with Crippen molar-refractivity contribution in [2.75, 3.05) is 19.9 Å². The monoisotopic (exact) mass is 449 g/mol. The molecule has 1 unspecified atom stereocenters. The molecule has 3 rings (SSSR count). The maximum atomic E-state index is 12.9. The third-order valence-corrected chi connectivity index (χ3v) is 5.36. The molecule has 1 aliphatic rings. The van der Waals surface area contributed by atoms with E-state index < -0.39 is 34.7 Å². The molecule has 0 bridgehead atoms. The van der Waals surface area contributed by atoms with E-state index in [0.29, 0.717) is 6.54 Å². The van der Waals surface area contributed by atoms with Crippen LogP contribution in [0.2, 0.25) is 0 Å². The van der Waals surface area contributed by atoms with Crippen LogP contribution in [0.1, 0.15) is 17.5 Å². The maximum Gasteiger partial charge on any atom is 0.410 e. The van der Waals surface area contributed by atoms with Crippen LogP contribution in [0.5, 0.6) is 0 Å². The largest absolute Gasteiger partial charge is 0.445 e. The van der Waals surface area contributed by atoms with Crippen LogP contribution in [0.25, 0.3) is 0 Å². The zero-order chi connectivity index (χ0) is 22.3. The molecule has 0 radical (unpaired) electrons. The first-order valence-corrected chi connectivity index (χ1v) is 11.7. The Morgan fingerprint density at radius 3 is 2.26 bits per heavy atom. The summed E-state index contributed by atoms with van der Waals surface area (Å²) < 4.78 is 44.7. The van der Waals surface area contributed by atoms with E-state index in [0.717, 1.165) is 17.4 Å². The Balaban J connectivity index is 1.68. The zero-order valence-electron chi connectivity index (χ0n) is 17.5. The van der Waals surface area contributed by atoms with Gasteiger partial charge in [0.1, 0.15) is 12.7 Å². The Morgan fingerprint density at radius 2 is 1.68 bits per heavy atom. The van der Waals surface area contributed by atoms with Gasteiger partial charge in [-0.3, -0.25) is 4.18 Å². The molecule has 1 heterocycles. The van der Waals surface area contributed by atoms with E-state index in [1.54, 1.807) is 4.90 Å². The summed E-state index contributed by atoms with van der Waals surface area (Å²) in [6.45, 7) is 0.673. The minimum absolute atomic E-state index is 0.150. The number of carbonyl (C=O) groups is 1. The van der Waals surface area contributed by atoms with Gasteiger partial charge in [0.15, 0.2) is 6.29 Å². The number of ether oxygens (including phenoxy) is 3. The number of carbonyl (C=O) groups excluding carboxylic acids is 1. The number of hydrogen-bond acceptors (Lipinski definition) is 7. The summed E-state index contributed by atoms with van der Waals surface area (Å²) in [6, 6.07) is 18.9. The van der Waals surface area contributed by atoms with Crippen molar-refractivity contribution in [2.24, 2.45) is 0 Å². The van der Waals surface area contributed by atoms with Crippen molar-refractivity contribution in [3.05, 3.63) is 71.8 Å². The minimum Gasteiger partial charge on any atom is -0.445 e. The van der Waals surface area contributed by atoms with Gasteiger partial charge in [-0.15, -0.1) is 0 Å². The number of hydrogen-bond donors (Lipinski definition) is 0. The number of benzene rings is 2. The Kier molecular flexibility index (Phi) is 8.03. The lowest BCUT2D eigenvalue weighted by Crippen LogP contribution is -2.37. The second-order valence-corrected chi connectivity index (χ2v) is 8.94. The van der Waals surface area contributed by atoms with Crippen LogP contribution >= 0.6 is 0 Å². The highest BCUT2D eigenvalue weighted by atomic mass is 32.2. The van der Waals surface area contributed by atoms with Crippen molar-refractivity contribution in [1.82, 2.24) is 4.90 Å². The summed E-state index contributed by atoms with van der Waals surface area (Å²) in [6.07, 6.45) is -1.32. The number of amides is 1. The van der Waals surface area contributed by atoms with Crippen molar-refractivity contribution in [2.45, 2.75) is 38.1 Å². The fourth-order valence-corrected chi connectivity index (χ4v) is 4.02. The highest BCUT2D eigenvalue weighted by molar-refractivity contribution is 7.86. The summed E-state index contributed by atoms with van der Waals surface area (Å²) in [5, 5.41) is 0. The zero-order valence-corrected chi connectivity index (χ0v) is 18.4. The van der Waals surface area contributed by atoms with E-state index in [2.05, 4.69) is 0 Å². The molecule has 3 atom stereocenters. The van der Waals surface area contributed by atoms with Crippen molar-refractivity contribution in [3.8, 4) is 0 Å². The molecule has 168 valence electrons. The number of rotatable bonds is 9. The molecule has 0 saturated carbocycles. The molecule has 1 aliphatic heterocycles. The molecule has 31 heavy (non-hydrogen) atoms. The lowest BCUT2D eigenvalue weighted by Gasteiger charge is -2.25. The number of methoxy groups -OCH3 is 1. The first-order valence-electron chi connectivity index (χ1n) is 9.90. The molecular formula is C22H27NO7S. The van der Waals surface area contributed by atoms with E-state index in [-0.39, 0.29) is 19.6 Å². The van der Waals surface area contributed by atoms with Gasteiger partial charge in [0.25, 0.3) is 10.1 Å². The molecule has 8 nitrogen and oxygen atoms in total. The molecule has 2 aromatic carbocycles. The Morgan fingerprint density at radius 1 is 1.06 bits per heavy atom. The van der Waals surface area contributed by atoms with Crippen LogP contribution in [-0.2, 0) is 41.7 Å². The molecule has 9 heteroatoms. The summed E-state index contributed by atoms with van der Waals surface area (Å²) in [5.41, 5.74) is 1.82. The van der Waals surface area contributed by atoms with Crippen molar-refractivity contribution in [3.63, 3.8) is 0 Å². The Hall–Kier alpha value is -2.46. The topological polar surface area (TPSA) is 91.4 Å². The van der Waals surface area contributed by atoms with Gasteiger partial charge in [0.05, 0.1) is 18.9 Å². The average molecular weight is 450 g/mol. The molecule has 1 amide bonds. The van der Waals surface area contributed by atoms with Crippen molar-refractivity contribution < 1.29 is 31.6 Å². The highest BCUT2D eigenvalue weighted by Crippen LogP contribution is 2.26. The minimum atomic E-state index is -3.67. The highest BCUT2D eigenvalue weighted by Gasteiger charge is 2.39. The van der Waals surface area contributed by atoms with Crippen LogP contribution < -0.4 is 0 Å². The fraction of sp³-hybridized carbons (Fsp3) is 0.409. The van der Waals surface area contributed by atoms with E-state index in [1.807, 2.05) is 60.7 Å². The van der Waals surface area contributed by atoms with Crippen LogP contribution in [0.15, 0.2) is 60.7 Å². The van der Waals surface area contributed by atoms with Gasteiger partial charge in [0.2, 0.25) is 0 Å². The lowest BCUT2D eigenvalue weighted by atomic mass is 10.1. The molecule has 0 aromatic heterocycles. The smallest absolute Gasteiger partial charge is 0.410 e. The molecule has 0 N–H and O–H groups in total. The van der Waals surface area contributed by atoms with Gasteiger partial charge in [-0.25, -0.2) is 4.79 Å². The molecular weight excluding hydrogens is 422 g/mol. The average Bonchev–Trinajstić information content (AvgIpc) is 3.12. The quantitative estimate of drug-likeness (QED) is 0.544. The SMILES string of the molecule is COC1O[C@H](CN(Cc2ccccc2)C(=O)OCc2ccccc2)C[C@H]1OS(C)(=O)=O. The summed E-state index contributed by atoms with van der Waals surface area (Å²) in [5.74, 6) is 0. The Labute approximate surface area is 182 Å². The predicted octanol–water partition coefficient (Wildman–Crippen LogP) is 2.93. The molecule has 0 aliphatic carbocycles. The van der Waals surface area contributed by atoms with E-state index in [4.69, 9.17) is 18.4 Å². The normalized spacial score (nSPS) is 21.0. The first kappa shape index (κ1) is 23.2. The van der Waals surface area contributed by atoms with Gasteiger partial charge in [0, 0.05) is 20.1 Å². The fourth-order valence-electron chi connectivity index (χ4n) is 3.40. The summed E-state index contributed by atoms with van der Waals surface area (Å²) in [4.78, 5) is 14.4. The van der Waals surface area contributed by atoms with Gasteiger partial charge in [-0.05, 0) is 11.1 Å². The maximum absolute atomic E-state index is 12.9. The first-order chi connectivity index (χ1) is 14.8. The van der Waals surface area contributed by atoms with E-state index in [9.17, 15) is 13.2 Å². The summed E-state index contributed by atoms with van der Waals surface area (Å²) in [7, 11) is -2.25. The molecule has 1 saturated heterocycles. The van der Waals surface area contributed by atoms with E-state index >= 15 is 0 Å². The lowest BCUT2D eigenvalue weighted by molar-refractivity contribution is -0.144.